The van der Waals surface area contributed by atoms with Crippen LogP contribution in [-0.2, 0) is 0 Å². The predicted octanol–water partition coefficient (Wildman–Crippen LogP) is 4.47. The van der Waals surface area contributed by atoms with Crippen molar-refractivity contribution in [2.45, 2.75) is 58.8 Å². The Hall–Kier alpha value is 0.290. The highest BCUT2D eigenvalue weighted by Crippen LogP contribution is 2.20. The molecule has 12 heavy (non-hydrogen) atoms. The summed E-state index contributed by atoms with van der Waals surface area (Å²) in [6, 6.07) is 0. The second-order valence-electron chi connectivity index (χ2n) is 4.23. The summed E-state index contributed by atoms with van der Waals surface area (Å²) < 4.78 is 0. The Bertz CT molecular complexity index is 99.2. The molecular formula is C11H23Cl. The summed E-state index contributed by atoms with van der Waals surface area (Å²) in [5.74, 6) is 1.53. The molecule has 0 saturated heterocycles. The normalized spacial score (nSPS) is 16.5. The predicted molar refractivity (Wildman–Crippen MR) is 57.8 cm³/mol. The van der Waals surface area contributed by atoms with Crippen LogP contribution in [0.5, 0.6) is 0 Å². The third-order valence-electron chi connectivity index (χ3n) is 2.45. The first-order valence-corrected chi connectivity index (χ1v) is 5.65. The van der Waals surface area contributed by atoms with E-state index in [1.165, 1.54) is 19.3 Å². The van der Waals surface area contributed by atoms with Crippen LogP contribution in [-0.4, -0.2) is 5.38 Å². The molecule has 0 heterocycles. The molecule has 0 fully saturated rings. The summed E-state index contributed by atoms with van der Waals surface area (Å²) in [6.45, 7) is 8.99. The summed E-state index contributed by atoms with van der Waals surface area (Å²) in [7, 11) is 0. The van der Waals surface area contributed by atoms with Crippen LogP contribution in [0.25, 0.3) is 0 Å². The van der Waals surface area contributed by atoms with Crippen molar-refractivity contribution in [3.63, 3.8) is 0 Å². The SMILES string of the molecule is CCC(Cl)C(C)CCCC(C)C. The van der Waals surface area contributed by atoms with Crippen LogP contribution in [0.15, 0.2) is 0 Å². The van der Waals surface area contributed by atoms with Crippen molar-refractivity contribution in [3.8, 4) is 0 Å². The molecule has 2 unspecified atom stereocenters. The lowest BCUT2D eigenvalue weighted by atomic mass is 9.96. The zero-order valence-electron chi connectivity index (χ0n) is 8.94. The van der Waals surface area contributed by atoms with Gasteiger partial charge in [-0.05, 0) is 24.7 Å². The summed E-state index contributed by atoms with van der Waals surface area (Å²) in [6.07, 6.45) is 5.07. The monoisotopic (exact) mass is 190 g/mol. The van der Waals surface area contributed by atoms with Gasteiger partial charge >= 0.3 is 0 Å². The van der Waals surface area contributed by atoms with Gasteiger partial charge in [-0.25, -0.2) is 0 Å². The Morgan fingerprint density at radius 3 is 2.08 bits per heavy atom. The molecule has 0 aliphatic heterocycles. The van der Waals surface area contributed by atoms with Crippen LogP contribution < -0.4 is 0 Å². The van der Waals surface area contributed by atoms with Crippen molar-refractivity contribution in [1.29, 1.82) is 0 Å². The average Bonchev–Trinajstić information content (AvgIpc) is 2.02. The number of hydrogen-bond donors (Lipinski definition) is 0. The highest BCUT2D eigenvalue weighted by atomic mass is 35.5. The molecule has 0 N–H and O–H groups in total. The molecule has 0 nitrogen and oxygen atoms in total. The van der Waals surface area contributed by atoms with Gasteiger partial charge < -0.3 is 0 Å². The van der Waals surface area contributed by atoms with Gasteiger partial charge in [-0.3, -0.25) is 0 Å². The van der Waals surface area contributed by atoms with E-state index in [0.29, 0.717) is 11.3 Å². The Kier molecular flexibility index (Phi) is 6.93. The van der Waals surface area contributed by atoms with Crippen molar-refractivity contribution >= 4 is 11.6 Å². The maximum Gasteiger partial charge on any atom is 0.0359 e. The minimum Gasteiger partial charge on any atom is -0.123 e. The molecule has 0 aromatic carbocycles. The lowest BCUT2D eigenvalue weighted by Gasteiger charge is -2.16. The Morgan fingerprint density at radius 1 is 1.08 bits per heavy atom. The Labute approximate surface area is 82.7 Å². The molecule has 0 aliphatic rings. The van der Waals surface area contributed by atoms with E-state index in [9.17, 15) is 0 Å². The van der Waals surface area contributed by atoms with E-state index in [2.05, 4.69) is 27.7 Å². The maximum absolute atomic E-state index is 6.13. The largest absolute Gasteiger partial charge is 0.123 e. The first-order chi connectivity index (χ1) is 5.57. The van der Waals surface area contributed by atoms with E-state index in [4.69, 9.17) is 11.6 Å². The maximum atomic E-state index is 6.13. The van der Waals surface area contributed by atoms with Crippen molar-refractivity contribution in [3.05, 3.63) is 0 Å². The van der Waals surface area contributed by atoms with Gasteiger partial charge in [-0.2, -0.15) is 0 Å². The standard InChI is InChI=1S/C11H23Cl/c1-5-11(12)10(4)8-6-7-9(2)3/h9-11H,5-8H2,1-4H3. The molecule has 0 aromatic heterocycles. The summed E-state index contributed by atoms with van der Waals surface area (Å²) in [5.41, 5.74) is 0. The molecule has 0 rings (SSSR count). The summed E-state index contributed by atoms with van der Waals surface area (Å²) in [5, 5.41) is 0.386. The molecule has 0 radical (unpaired) electrons. The lowest BCUT2D eigenvalue weighted by Crippen LogP contribution is -2.10. The van der Waals surface area contributed by atoms with Crippen LogP contribution in [0.4, 0.5) is 0 Å². The first kappa shape index (κ1) is 12.3. The van der Waals surface area contributed by atoms with Crippen LogP contribution >= 0.6 is 11.6 Å². The molecule has 0 amide bonds. The molecule has 74 valence electrons. The fourth-order valence-electron chi connectivity index (χ4n) is 1.43. The summed E-state index contributed by atoms with van der Waals surface area (Å²) >= 11 is 6.13. The van der Waals surface area contributed by atoms with Gasteiger partial charge in [0.1, 0.15) is 0 Å². The van der Waals surface area contributed by atoms with Crippen LogP contribution in [0.2, 0.25) is 0 Å². The Balaban J connectivity index is 3.37. The Morgan fingerprint density at radius 2 is 1.67 bits per heavy atom. The van der Waals surface area contributed by atoms with E-state index in [-0.39, 0.29) is 0 Å². The second-order valence-corrected chi connectivity index (χ2v) is 4.79. The number of hydrogen-bond acceptors (Lipinski definition) is 0. The van der Waals surface area contributed by atoms with Crippen molar-refractivity contribution in [2.24, 2.45) is 11.8 Å². The fraction of sp³-hybridized carbons (Fsp3) is 1.00. The van der Waals surface area contributed by atoms with Gasteiger partial charge in [0.05, 0.1) is 0 Å². The van der Waals surface area contributed by atoms with Crippen molar-refractivity contribution < 1.29 is 0 Å². The summed E-state index contributed by atoms with van der Waals surface area (Å²) in [4.78, 5) is 0. The second kappa shape index (κ2) is 6.77. The van der Waals surface area contributed by atoms with Crippen LogP contribution in [0, 0.1) is 11.8 Å². The van der Waals surface area contributed by atoms with Crippen molar-refractivity contribution in [1.82, 2.24) is 0 Å². The first-order valence-electron chi connectivity index (χ1n) is 5.22. The lowest BCUT2D eigenvalue weighted by molar-refractivity contribution is 0.438. The third-order valence-corrected chi connectivity index (χ3v) is 3.19. The molecule has 0 saturated carbocycles. The van der Waals surface area contributed by atoms with E-state index in [0.717, 1.165) is 12.3 Å². The topological polar surface area (TPSA) is 0 Å². The number of halogens is 1. The van der Waals surface area contributed by atoms with Gasteiger partial charge in [0.2, 0.25) is 0 Å². The van der Waals surface area contributed by atoms with Crippen LogP contribution in [0.1, 0.15) is 53.4 Å². The fourth-order valence-corrected chi connectivity index (χ4v) is 1.56. The molecule has 0 spiro atoms. The van der Waals surface area contributed by atoms with Crippen molar-refractivity contribution in [2.75, 3.05) is 0 Å². The molecule has 0 aromatic rings. The number of alkyl halides is 1. The highest BCUT2D eigenvalue weighted by molar-refractivity contribution is 6.20. The van der Waals surface area contributed by atoms with Gasteiger partial charge in [-0.1, -0.05) is 40.5 Å². The van der Waals surface area contributed by atoms with Gasteiger partial charge in [0, 0.05) is 5.38 Å². The van der Waals surface area contributed by atoms with E-state index in [1.54, 1.807) is 0 Å². The van der Waals surface area contributed by atoms with Gasteiger partial charge in [0.25, 0.3) is 0 Å². The average molecular weight is 191 g/mol. The third kappa shape index (κ3) is 5.88. The van der Waals surface area contributed by atoms with Crippen LogP contribution in [0.3, 0.4) is 0 Å². The molecular weight excluding hydrogens is 168 g/mol. The minimum atomic E-state index is 0.386. The molecule has 1 heteroatoms. The molecule has 0 bridgehead atoms. The van der Waals surface area contributed by atoms with E-state index >= 15 is 0 Å². The zero-order valence-corrected chi connectivity index (χ0v) is 9.69. The van der Waals surface area contributed by atoms with Gasteiger partial charge in [0.15, 0.2) is 0 Å². The van der Waals surface area contributed by atoms with E-state index < -0.39 is 0 Å². The highest BCUT2D eigenvalue weighted by Gasteiger charge is 2.11. The van der Waals surface area contributed by atoms with E-state index in [1.807, 2.05) is 0 Å². The minimum absolute atomic E-state index is 0.386. The number of rotatable bonds is 6. The smallest absolute Gasteiger partial charge is 0.0359 e. The quantitative estimate of drug-likeness (QED) is 0.543. The van der Waals surface area contributed by atoms with Gasteiger partial charge in [-0.15, -0.1) is 11.6 Å². The molecule has 0 aliphatic carbocycles. The zero-order chi connectivity index (χ0) is 9.56. The molecule has 2 atom stereocenters.